The predicted molar refractivity (Wildman–Crippen MR) is 72.5 cm³/mol. The normalized spacial score (nSPS) is 26.9. The van der Waals surface area contributed by atoms with Crippen LogP contribution in [0.2, 0.25) is 0 Å². The van der Waals surface area contributed by atoms with E-state index in [1.807, 2.05) is 13.0 Å². The van der Waals surface area contributed by atoms with Crippen molar-refractivity contribution in [3.63, 3.8) is 0 Å². The number of carbonyl (C=O) groups is 1. The van der Waals surface area contributed by atoms with Gasteiger partial charge in [-0.2, -0.15) is 0 Å². The summed E-state index contributed by atoms with van der Waals surface area (Å²) in [7, 11) is 0. The number of nitrogens with two attached hydrogens (primary N) is 1. The minimum absolute atomic E-state index is 0.154. The number of hydrogen-bond donors (Lipinski definition) is 2. The summed E-state index contributed by atoms with van der Waals surface area (Å²) in [5, 5.41) is 2.98. The molecule has 96 valence electrons. The first-order valence-electron chi connectivity index (χ1n) is 6.57. The number of carbonyl (C=O) groups excluding carboxylic acids is 1. The summed E-state index contributed by atoms with van der Waals surface area (Å²) in [5.74, 6) is 0.367. The van der Waals surface area contributed by atoms with Crippen LogP contribution in [0.15, 0.2) is 18.2 Å². The van der Waals surface area contributed by atoms with E-state index < -0.39 is 0 Å². The smallest absolute Gasteiger partial charge is 0.225 e. The van der Waals surface area contributed by atoms with Crippen LogP contribution in [0.4, 0.5) is 11.4 Å². The van der Waals surface area contributed by atoms with Crippen molar-refractivity contribution in [3.05, 3.63) is 23.8 Å². The molecule has 3 rings (SSSR count). The zero-order valence-corrected chi connectivity index (χ0v) is 10.6. The quantitative estimate of drug-likeness (QED) is 0.733. The van der Waals surface area contributed by atoms with E-state index in [1.165, 1.54) is 0 Å². The lowest BCUT2D eigenvalue weighted by atomic mass is 9.91. The first-order valence-corrected chi connectivity index (χ1v) is 6.57. The van der Waals surface area contributed by atoms with Gasteiger partial charge in [0.1, 0.15) is 0 Å². The zero-order chi connectivity index (χ0) is 12.7. The summed E-state index contributed by atoms with van der Waals surface area (Å²) in [6.07, 6.45) is 2.08. The highest BCUT2D eigenvalue weighted by Gasteiger charge is 2.40. The Morgan fingerprint density at radius 3 is 3.06 bits per heavy atom. The number of anilines is 2. The van der Waals surface area contributed by atoms with Crippen molar-refractivity contribution in [2.45, 2.75) is 25.8 Å². The summed E-state index contributed by atoms with van der Waals surface area (Å²) < 4.78 is 0. The van der Waals surface area contributed by atoms with Crippen molar-refractivity contribution in [1.82, 2.24) is 5.32 Å². The molecule has 4 nitrogen and oxygen atoms in total. The van der Waals surface area contributed by atoms with Crippen LogP contribution in [-0.2, 0) is 4.79 Å². The number of hydrogen-bond acceptors (Lipinski definition) is 3. The molecule has 2 fully saturated rings. The summed E-state index contributed by atoms with van der Waals surface area (Å²) in [5.41, 5.74) is 9.06. The summed E-state index contributed by atoms with van der Waals surface area (Å²) in [6, 6.07) is 6.49. The molecule has 0 aromatic heterocycles. The minimum Gasteiger partial charge on any atom is -0.398 e. The van der Waals surface area contributed by atoms with Crippen LogP contribution < -0.4 is 16.0 Å². The average Bonchev–Trinajstić information content (AvgIpc) is 2.75. The third-order valence-electron chi connectivity index (χ3n) is 4.20. The Kier molecular flexibility index (Phi) is 2.65. The standard InChI is InChI=1S/C14H19N3O/c1-9-4-5-10(7-12(9)15)17-6-2-3-11-13(17)8-16-14(11)18/h4-5,7,11,13H,2-3,6,8,15H2,1H3,(H,16,18). The second-order valence-corrected chi connectivity index (χ2v) is 5.30. The molecule has 1 amide bonds. The number of fused-ring (bicyclic) bond motifs is 1. The summed E-state index contributed by atoms with van der Waals surface area (Å²) >= 11 is 0. The highest BCUT2D eigenvalue weighted by molar-refractivity contribution is 5.83. The fourth-order valence-corrected chi connectivity index (χ4v) is 3.08. The van der Waals surface area contributed by atoms with E-state index in [4.69, 9.17) is 5.73 Å². The molecule has 3 N–H and O–H groups in total. The zero-order valence-electron chi connectivity index (χ0n) is 10.6. The maximum Gasteiger partial charge on any atom is 0.225 e. The second kappa shape index (κ2) is 4.19. The van der Waals surface area contributed by atoms with Gasteiger partial charge in [-0.15, -0.1) is 0 Å². The van der Waals surface area contributed by atoms with Crippen molar-refractivity contribution in [2.24, 2.45) is 5.92 Å². The Morgan fingerprint density at radius 1 is 1.44 bits per heavy atom. The van der Waals surface area contributed by atoms with E-state index in [2.05, 4.69) is 22.3 Å². The van der Waals surface area contributed by atoms with Gasteiger partial charge < -0.3 is 16.0 Å². The van der Waals surface area contributed by atoms with Gasteiger partial charge in [0.25, 0.3) is 0 Å². The van der Waals surface area contributed by atoms with Crippen LogP contribution in [0.3, 0.4) is 0 Å². The fraction of sp³-hybridized carbons (Fsp3) is 0.500. The molecular weight excluding hydrogens is 226 g/mol. The number of amides is 1. The molecule has 2 aliphatic heterocycles. The van der Waals surface area contributed by atoms with Crippen LogP contribution in [0.5, 0.6) is 0 Å². The molecule has 18 heavy (non-hydrogen) atoms. The van der Waals surface area contributed by atoms with E-state index in [1.54, 1.807) is 0 Å². The van der Waals surface area contributed by atoms with Gasteiger partial charge in [0, 0.05) is 24.5 Å². The Morgan fingerprint density at radius 2 is 2.28 bits per heavy atom. The topological polar surface area (TPSA) is 58.4 Å². The van der Waals surface area contributed by atoms with Crippen LogP contribution in [-0.4, -0.2) is 25.0 Å². The number of nitrogen functional groups attached to an aromatic ring is 1. The van der Waals surface area contributed by atoms with Crippen molar-refractivity contribution in [1.29, 1.82) is 0 Å². The molecule has 0 aliphatic carbocycles. The summed E-state index contributed by atoms with van der Waals surface area (Å²) in [6.45, 7) is 3.79. The van der Waals surface area contributed by atoms with Crippen molar-refractivity contribution in [3.8, 4) is 0 Å². The lowest BCUT2D eigenvalue weighted by Crippen LogP contribution is -2.45. The molecular formula is C14H19N3O. The number of rotatable bonds is 1. The number of benzene rings is 1. The van der Waals surface area contributed by atoms with Gasteiger partial charge >= 0.3 is 0 Å². The van der Waals surface area contributed by atoms with E-state index in [0.29, 0.717) is 6.04 Å². The monoisotopic (exact) mass is 245 g/mol. The van der Waals surface area contributed by atoms with Crippen molar-refractivity contribution < 1.29 is 4.79 Å². The predicted octanol–water partition coefficient (Wildman–Crippen LogP) is 1.29. The first kappa shape index (κ1) is 11.4. The number of nitrogens with one attached hydrogen (secondary N) is 1. The number of nitrogens with zero attached hydrogens (tertiary/aromatic N) is 1. The highest BCUT2D eigenvalue weighted by Crippen LogP contribution is 2.32. The minimum atomic E-state index is 0.154. The van der Waals surface area contributed by atoms with Gasteiger partial charge in [0.05, 0.1) is 12.0 Å². The van der Waals surface area contributed by atoms with Crippen LogP contribution in [0.25, 0.3) is 0 Å². The molecule has 1 aromatic rings. The molecule has 0 bridgehead atoms. The van der Waals surface area contributed by atoms with Crippen LogP contribution in [0.1, 0.15) is 18.4 Å². The third kappa shape index (κ3) is 1.72. The van der Waals surface area contributed by atoms with Gasteiger partial charge in [0.2, 0.25) is 5.91 Å². The van der Waals surface area contributed by atoms with Gasteiger partial charge in [-0.1, -0.05) is 6.07 Å². The van der Waals surface area contributed by atoms with E-state index in [-0.39, 0.29) is 11.8 Å². The first-order chi connectivity index (χ1) is 8.66. The van der Waals surface area contributed by atoms with E-state index >= 15 is 0 Å². The Labute approximate surface area is 107 Å². The molecule has 4 heteroatoms. The van der Waals surface area contributed by atoms with Crippen LogP contribution in [0, 0.1) is 12.8 Å². The molecule has 2 aliphatic rings. The molecule has 0 saturated carbocycles. The maximum absolute atomic E-state index is 11.7. The molecule has 2 unspecified atom stereocenters. The van der Waals surface area contributed by atoms with Gasteiger partial charge in [0.15, 0.2) is 0 Å². The lowest BCUT2D eigenvalue weighted by molar-refractivity contribution is -0.122. The molecule has 1 aromatic carbocycles. The molecule has 2 heterocycles. The molecule has 2 saturated heterocycles. The molecule has 0 spiro atoms. The van der Waals surface area contributed by atoms with Crippen LogP contribution >= 0.6 is 0 Å². The molecule has 0 radical (unpaired) electrons. The van der Waals surface area contributed by atoms with Crippen molar-refractivity contribution >= 4 is 17.3 Å². The second-order valence-electron chi connectivity index (χ2n) is 5.30. The lowest BCUT2D eigenvalue weighted by Gasteiger charge is -2.37. The number of piperidine rings is 1. The van der Waals surface area contributed by atoms with Gasteiger partial charge in [-0.25, -0.2) is 0 Å². The third-order valence-corrected chi connectivity index (χ3v) is 4.20. The Hall–Kier alpha value is -1.71. The number of aryl methyl sites for hydroxylation is 1. The summed E-state index contributed by atoms with van der Waals surface area (Å²) in [4.78, 5) is 14.1. The molecule has 2 atom stereocenters. The SMILES string of the molecule is Cc1ccc(N2CCCC3C(=O)NCC32)cc1N. The Balaban J connectivity index is 1.91. The van der Waals surface area contributed by atoms with Crippen molar-refractivity contribution in [2.75, 3.05) is 23.7 Å². The van der Waals surface area contributed by atoms with E-state index in [0.717, 1.165) is 42.9 Å². The largest absolute Gasteiger partial charge is 0.398 e. The Bertz CT molecular complexity index is 486. The van der Waals surface area contributed by atoms with Gasteiger partial charge in [-0.05, 0) is 37.5 Å². The highest BCUT2D eigenvalue weighted by atomic mass is 16.2. The van der Waals surface area contributed by atoms with E-state index in [9.17, 15) is 4.79 Å². The van der Waals surface area contributed by atoms with Gasteiger partial charge in [-0.3, -0.25) is 4.79 Å². The maximum atomic E-state index is 11.7. The average molecular weight is 245 g/mol. The fourth-order valence-electron chi connectivity index (χ4n) is 3.08.